The second-order valence-electron chi connectivity index (χ2n) is 11.6. The zero-order valence-corrected chi connectivity index (χ0v) is 25.3. The topological polar surface area (TPSA) is 79.9 Å². The molecule has 3 atom stereocenters. The van der Waals surface area contributed by atoms with E-state index in [9.17, 15) is 9.59 Å². The molecule has 7 heteroatoms. The number of rotatable bonds is 9. The van der Waals surface area contributed by atoms with Gasteiger partial charge in [0.25, 0.3) is 0 Å². The fourth-order valence-electron chi connectivity index (χ4n) is 6.46. The van der Waals surface area contributed by atoms with Gasteiger partial charge in [-0.2, -0.15) is 0 Å². The highest BCUT2D eigenvalue weighted by molar-refractivity contribution is 5.86. The van der Waals surface area contributed by atoms with Crippen LogP contribution in [0.5, 0.6) is 0 Å². The van der Waals surface area contributed by atoms with Crippen molar-refractivity contribution in [1.82, 2.24) is 10.6 Å². The predicted octanol–water partition coefficient (Wildman–Crippen LogP) is 7.16. The molecule has 5 aromatic rings. The quantitative estimate of drug-likeness (QED) is 0.185. The molecule has 1 heterocycles. The van der Waals surface area contributed by atoms with E-state index in [4.69, 9.17) is 9.57 Å². The van der Waals surface area contributed by atoms with E-state index in [1.165, 1.54) is 0 Å². The van der Waals surface area contributed by atoms with Crippen LogP contribution in [0.2, 0.25) is 0 Å². The number of benzene rings is 5. The van der Waals surface area contributed by atoms with Gasteiger partial charge >= 0.3 is 6.09 Å². The van der Waals surface area contributed by atoms with Gasteiger partial charge in [0, 0.05) is 18.8 Å². The average molecular weight is 610 g/mol. The molecule has 1 aliphatic heterocycles. The molecule has 1 aliphatic carbocycles. The van der Waals surface area contributed by atoms with Gasteiger partial charge in [-0.3, -0.25) is 9.63 Å². The lowest BCUT2D eigenvalue weighted by atomic mass is 9.98. The maximum absolute atomic E-state index is 14.0. The lowest BCUT2D eigenvalue weighted by molar-refractivity contribution is -0.123. The summed E-state index contributed by atoms with van der Waals surface area (Å²) in [6, 6.07) is 44.9. The summed E-state index contributed by atoms with van der Waals surface area (Å²) in [6.07, 6.45) is -0.495. The number of ether oxygens (including phenoxy) is 1. The minimum Gasteiger partial charge on any atom is -0.449 e. The Morgan fingerprint density at radius 2 is 1.30 bits per heavy atom. The zero-order valence-electron chi connectivity index (χ0n) is 25.3. The van der Waals surface area contributed by atoms with Gasteiger partial charge in [0.2, 0.25) is 5.91 Å². The number of amides is 2. The minimum absolute atomic E-state index is 0.0791. The molecule has 2 amide bonds. The van der Waals surface area contributed by atoms with E-state index in [0.717, 1.165) is 39.1 Å². The molecule has 46 heavy (non-hydrogen) atoms. The number of hydrogen-bond acceptors (Lipinski definition) is 5. The summed E-state index contributed by atoms with van der Waals surface area (Å²) in [7, 11) is 0. The van der Waals surface area contributed by atoms with Gasteiger partial charge in [0.05, 0.1) is 5.69 Å². The Bertz CT molecular complexity index is 1750. The summed E-state index contributed by atoms with van der Waals surface area (Å²) >= 11 is 0. The average Bonchev–Trinajstić information content (AvgIpc) is 3.67. The Labute approximate surface area is 268 Å². The molecule has 1 fully saturated rings. The fraction of sp³-hybridized carbons (Fsp3) is 0.179. The molecular formula is C39H35N3O4. The Morgan fingerprint density at radius 1 is 0.739 bits per heavy atom. The van der Waals surface area contributed by atoms with Crippen LogP contribution in [0.4, 0.5) is 10.5 Å². The lowest BCUT2D eigenvalue weighted by Gasteiger charge is -2.27. The SMILES string of the molecule is O=C(N[C@@H](Cc1ccccc1)C(=O)N[C@H]1C[C@H](c2ccccc2)ON1c1ccccc1)OCC1c2ccccc2-c2ccccc21. The van der Waals surface area contributed by atoms with Crippen molar-refractivity contribution in [3.8, 4) is 11.1 Å². The Morgan fingerprint density at radius 3 is 1.96 bits per heavy atom. The number of carbonyl (C=O) groups is 2. The summed E-state index contributed by atoms with van der Waals surface area (Å²) < 4.78 is 5.83. The van der Waals surface area contributed by atoms with E-state index in [1.807, 2.05) is 115 Å². The molecule has 2 N–H and O–H groups in total. The zero-order chi connectivity index (χ0) is 31.3. The first kappa shape index (κ1) is 29.3. The van der Waals surface area contributed by atoms with Crippen LogP contribution in [0, 0.1) is 0 Å². The van der Waals surface area contributed by atoms with Crippen LogP contribution in [0.1, 0.15) is 40.7 Å². The summed E-state index contributed by atoms with van der Waals surface area (Å²) in [5, 5.41) is 7.80. The number of nitrogens with zero attached hydrogens (tertiary/aromatic N) is 1. The molecule has 0 bridgehead atoms. The van der Waals surface area contributed by atoms with Crippen LogP contribution >= 0.6 is 0 Å². The number of anilines is 1. The van der Waals surface area contributed by atoms with Crippen LogP contribution in [0.15, 0.2) is 140 Å². The van der Waals surface area contributed by atoms with Crippen LogP contribution < -0.4 is 15.7 Å². The molecule has 5 aromatic carbocycles. The molecule has 0 saturated carbocycles. The van der Waals surface area contributed by atoms with Gasteiger partial charge < -0.3 is 15.4 Å². The smallest absolute Gasteiger partial charge is 0.407 e. The maximum atomic E-state index is 14.0. The van der Waals surface area contributed by atoms with Crippen LogP contribution in [-0.2, 0) is 20.8 Å². The van der Waals surface area contributed by atoms with Gasteiger partial charge in [-0.1, -0.05) is 127 Å². The molecule has 0 aromatic heterocycles. The third-order valence-electron chi connectivity index (χ3n) is 8.69. The highest BCUT2D eigenvalue weighted by Gasteiger charge is 2.37. The van der Waals surface area contributed by atoms with E-state index in [-0.39, 0.29) is 24.5 Å². The Hall–Kier alpha value is -5.40. The van der Waals surface area contributed by atoms with Gasteiger partial charge in [-0.25, -0.2) is 9.86 Å². The monoisotopic (exact) mass is 609 g/mol. The van der Waals surface area contributed by atoms with Gasteiger partial charge in [-0.05, 0) is 45.5 Å². The molecule has 2 aliphatic rings. The lowest BCUT2D eigenvalue weighted by Crippen LogP contribution is -2.53. The molecule has 7 nitrogen and oxygen atoms in total. The predicted molar refractivity (Wildman–Crippen MR) is 178 cm³/mol. The number of hydrogen-bond donors (Lipinski definition) is 2. The van der Waals surface area contributed by atoms with Crippen LogP contribution in [-0.4, -0.2) is 30.8 Å². The molecule has 0 radical (unpaired) electrons. The fourth-order valence-corrected chi connectivity index (χ4v) is 6.46. The number of alkyl carbamates (subject to hydrolysis) is 1. The van der Waals surface area contributed by atoms with Crippen molar-refractivity contribution in [2.45, 2.75) is 37.1 Å². The molecule has 7 rings (SSSR count). The van der Waals surface area contributed by atoms with Crippen molar-refractivity contribution in [3.63, 3.8) is 0 Å². The van der Waals surface area contributed by atoms with Crippen LogP contribution in [0.25, 0.3) is 11.1 Å². The number of nitrogens with one attached hydrogen (secondary N) is 2. The van der Waals surface area contributed by atoms with E-state index in [2.05, 4.69) is 34.9 Å². The van der Waals surface area contributed by atoms with Crippen molar-refractivity contribution in [2.24, 2.45) is 0 Å². The summed E-state index contributed by atoms with van der Waals surface area (Å²) in [5.74, 6) is -0.398. The van der Waals surface area contributed by atoms with E-state index in [0.29, 0.717) is 12.8 Å². The van der Waals surface area contributed by atoms with Gasteiger partial charge in [0.15, 0.2) is 0 Å². The first-order chi connectivity index (χ1) is 22.6. The molecular weight excluding hydrogens is 574 g/mol. The Kier molecular flexibility index (Phi) is 8.48. The summed E-state index contributed by atoms with van der Waals surface area (Å²) in [4.78, 5) is 33.7. The highest BCUT2D eigenvalue weighted by Crippen LogP contribution is 2.44. The first-order valence-corrected chi connectivity index (χ1v) is 15.7. The van der Waals surface area contributed by atoms with Crippen molar-refractivity contribution >= 4 is 17.7 Å². The second kappa shape index (κ2) is 13.3. The largest absolute Gasteiger partial charge is 0.449 e. The number of carbonyl (C=O) groups excluding carboxylic acids is 2. The Balaban J connectivity index is 1.08. The summed E-state index contributed by atoms with van der Waals surface area (Å²) in [6.45, 7) is 0.163. The first-order valence-electron chi connectivity index (χ1n) is 15.7. The molecule has 0 unspecified atom stereocenters. The maximum Gasteiger partial charge on any atom is 0.407 e. The van der Waals surface area contributed by atoms with Crippen molar-refractivity contribution < 1.29 is 19.2 Å². The van der Waals surface area contributed by atoms with Crippen molar-refractivity contribution in [3.05, 3.63) is 162 Å². The van der Waals surface area contributed by atoms with Gasteiger partial charge in [0.1, 0.15) is 24.9 Å². The van der Waals surface area contributed by atoms with E-state index >= 15 is 0 Å². The van der Waals surface area contributed by atoms with E-state index < -0.39 is 18.3 Å². The number of fused-ring (bicyclic) bond motifs is 3. The standard InChI is InChI=1S/C39H35N3O4/c43-38(41-37-25-36(28-16-6-2-7-17-28)46-42(37)29-18-8-3-9-19-29)35(24-27-14-4-1-5-15-27)40-39(44)45-26-34-32-22-12-10-20-30(32)31-21-11-13-23-33(31)34/h1-23,34-37H,24-26H2,(H,40,44)(H,41,43)/t35-,36+,37+/m0/s1. The molecule has 230 valence electrons. The third kappa shape index (κ3) is 6.23. The second-order valence-corrected chi connectivity index (χ2v) is 11.6. The normalized spacial score (nSPS) is 17.5. The van der Waals surface area contributed by atoms with Crippen molar-refractivity contribution in [1.29, 1.82) is 0 Å². The minimum atomic E-state index is -0.869. The van der Waals surface area contributed by atoms with Gasteiger partial charge in [-0.15, -0.1) is 0 Å². The number of hydroxylamine groups is 1. The third-order valence-corrected chi connectivity index (χ3v) is 8.69. The molecule has 0 spiro atoms. The number of para-hydroxylation sites is 1. The molecule has 1 saturated heterocycles. The van der Waals surface area contributed by atoms with Crippen LogP contribution in [0.3, 0.4) is 0 Å². The highest BCUT2D eigenvalue weighted by atomic mass is 16.7. The van der Waals surface area contributed by atoms with Crippen molar-refractivity contribution in [2.75, 3.05) is 11.7 Å². The van der Waals surface area contributed by atoms with E-state index in [1.54, 1.807) is 5.06 Å². The summed E-state index contributed by atoms with van der Waals surface area (Å²) in [5.41, 5.74) is 7.35.